The first kappa shape index (κ1) is 21.4. The van der Waals surface area contributed by atoms with Crippen LogP contribution in [0.5, 0.6) is 11.5 Å². The van der Waals surface area contributed by atoms with Gasteiger partial charge in [0.1, 0.15) is 24.7 Å². The van der Waals surface area contributed by atoms with E-state index < -0.39 is 0 Å². The van der Waals surface area contributed by atoms with E-state index in [0.29, 0.717) is 35.9 Å². The van der Waals surface area contributed by atoms with Gasteiger partial charge in [0.2, 0.25) is 5.91 Å². The van der Waals surface area contributed by atoms with E-state index in [2.05, 4.69) is 10.6 Å². The van der Waals surface area contributed by atoms with Crippen molar-refractivity contribution in [1.29, 1.82) is 0 Å². The third kappa shape index (κ3) is 5.66. The fraction of sp³-hybridized carbons (Fsp3) is 0.231. The maximum atomic E-state index is 12.9. The number of ether oxygens (including phenoxy) is 2. The van der Waals surface area contributed by atoms with E-state index in [1.54, 1.807) is 24.3 Å². The standard InChI is InChI=1S/C26H26N2O4/c1-18-11-14-20(17-23(18)28-25(29)19-12-13-19)27-26(30)22-9-5-6-10-24(22)32-16-15-31-21-7-3-2-4-8-21/h2-11,14,17,19H,12-13,15-16H2,1H3,(H,27,30)(H,28,29). The Balaban J connectivity index is 1.37. The number of nitrogens with one attached hydrogen (secondary N) is 2. The Bertz CT molecular complexity index is 1090. The third-order valence-corrected chi connectivity index (χ3v) is 5.19. The zero-order valence-electron chi connectivity index (χ0n) is 18.0. The minimum absolute atomic E-state index is 0.0352. The van der Waals surface area contributed by atoms with Crippen LogP contribution in [0.4, 0.5) is 11.4 Å². The number of anilines is 2. The molecule has 1 fully saturated rings. The molecule has 6 heteroatoms. The van der Waals surface area contributed by atoms with Crippen LogP contribution in [0.3, 0.4) is 0 Å². The molecular formula is C26H26N2O4. The Morgan fingerprint density at radius 2 is 1.59 bits per heavy atom. The molecule has 0 unspecified atom stereocenters. The van der Waals surface area contributed by atoms with Crippen molar-refractivity contribution in [3.05, 3.63) is 83.9 Å². The van der Waals surface area contributed by atoms with Gasteiger partial charge in [-0.25, -0.2) is 0 Å². The highest BCUT2D eigenvalue weighted by Gasteiger charge is 2.29. The molecule has 1 aliphatic rings. The van der Waals surface area contributed by atoms with E-state index in [4.69, 9.17) is 9.47 Å². The summed E-state index contributed by atoms with van der Waals surface area (Å²) < 4.78 is 11.4. The summed E-state index contributed by atoms with van der Waals surface area (Å²) in [7, 11) is 0. The predicted molar refractivity (Wildman–Crippen MR) is 124 cm³/mol. The van der Waals surface area contributed by atoms with Crippen LogP contribution in [0.25, 0.3) is 0 Å². The Morgan fingerprint density at radius 1 is 0.875 bits per heavy atom. The lowest BCUT2D eigenvalue weighted by Gasteiger charge is -2.14. The number of hydrogen-bond donors (Lipinski definition) is 2. The van der Waals surface area contributed by atoms with Gasteiger partial charge in [-0.2, -0.15) is 0 Å². The number of para-hydroxylation sites is 2. The van der Waals surface area contributed by atoms with Crippen LogP contribution in [-0.4, -0.2) is 25.0 Å². The molecule has 3 aromatic rings. The van der Waals surface area contributed by atoms with Gasteiger partial charge in [0.05, 0.1) is 5.56 Å². The van der Waals surface area contributed by atoms with Gasteiger partial charge in [-0.05, 0) is 61.7 Å². The summed E-state index contributed by atoms with van der Waals surface area (Å²) >= 11 is 0. The lowest BCUT2D eigenvalue weighted by molar-refractivity contribution is -0.117. The second-order valence-corrected chi connectivity index (χ2v) is 7.75. The highest BCUT2D eigenvalue weighted by molar-refractivity contribution is 6.06. The van der Waals surface area contributed by atoms with E-state index in [1.807, 2.05) is 55.5 Å². The van der Waals surface area contributed by atoms with Crippen LogP contribution < -0.4 is 20.1 Å². The normalized spacial score (nSPS) is 12.7. The lowest BCUT2D eigenvalue weighted by atomic mass is 10.1. The van der Waals surface area contributed by atoms with E-state index >= 15 is 0 Å². The van der Waals surface area contributed by atoms with Crippen LogP contribution >= 0.6 is 0 Å². The van der Waals surface area contributed by atoms with E-state index in [0.717, 1.165) is 24.2 Å². The van der Waals surface area contributed by atoms with Crippen molar-refractivity contribution in [3.8, 4) is 11.5 Å². The molecule has 3 aromatic carbocycles. The minimum Gasteiger partial charge on any atom is -0.490 e. The van der Waals surface area contributed by atoms with Crippen molar-refractivity contribution in [2.75, 3.05) is 23.8 Å². The molecule has 0 bridgehead atoms. The maximum absolute atomic E-state index is 12.9. The van der Waals surface area contributed by atoms with E-state index in [-0.39, 0.29) is 17.7 Å². The van der Waals surface area contributed by atoms with Gasteiger partial charge in [0, 0.05) is 17.3 Å². The van der Waals surface area contributed by atoms with Crippen LogP contribution in [0.15, 0.2) is 72.8 Å². The zero-order chi connectivity index (χ0) is 22.3. The first-order valence-electron chi connectivity index (χ1n) is 10.7. The van der Waals surface area contributed by atoms with Gasteiger partial charge in [-0.15, -0.1) is 0 Å². The molecule has 1 aliphatic carbocycles. The molecule has 2 amide bonds. The van der Waals surface area contributed by atoms with Gasteiger partial charge < -0.3 is 20.1 Å². The summed E-state index contributed by atoms with van der Waals surface area (Å²) in [4.78, 5) is 25.0. The van der Waals surface area contributed by atoms with Crippen LogP contribution in [-0.2, 0) is 4.79 Å². The number of carbonyl (C=O) groups excluding carboxylic acids is 2. The number of rotatable bonds is 9. The first-order valence-corrected chi connectivity index (χ1v) is 10.7. The quantitative estimate of drug-likeness (QED) is 0.466. The smallest absolute Gasteiger partial charge is 0.259 e. The monoisotopic (exact) mass is 430 g/mol. The molecule has 0 saturated heterocycles. The fourth-order valence-electron chi connectivity index (χ4n) is 3.22. The Hall–Kier alpha value is -3.80. The van der Waals surface area contributed by atoms with Crippen molar-refractivity contribution in [2.24, 2.45) is 5.92 Å². The van der Waals surface area contributed by atoms with Crippen molar-refractivity contribution < 1.29 is 19.1 Å². The molecular weight excluding hydrogens is 404 g/mol. The molecule has 2 N–H and O–H groups in total. The molecule has 0 aromatic heterocycles. The third-order valence-electron chi connectivity index (χ3n) is 5.19. The fourth-order valence-corrected chi connectivity index (χ4v) is 3.22. The van der Waals surface area contributed by atoms with Gasteiger partial charge in [-0.1, -0.05) is 36.4 Å². The van der Waals surface area contributed by atoms with Crippen molar-refractivity contribution in [3.63, 3.8) is 0 Å². The largest absolute Gasteiger partial charge is 0.490 e. The Morgan fingerprint density at radius 3 is 2.38 bits per heavy atom. The summed E-state index contributed by atoms with van der Waals surface area (Å²) in [5, 5.41) is 5.86. The second-order valence-electron chi connectivity index (χ2n) is 7.75. The lowest BCUT2D eigenvalue weighted by Crippen LogP contribution is -2.17. The summed E-state index contributed by atoms with van der Waals surface area (Å²) in [5.41, 5.74) is 2.69. The van der Waals surface area contributed by atoms with E-state index in [9.17, 15) is 9.59 Å². The Labute approximate surface area is 187 Å². The van der Waals surface area contributed by atoms with Gasteiger partial charge in [0.25, 0.3) is 5.91 Å². The highest BCUT2D eigenvalue weighted by Crippen LogP contribution is 2.31. The topological polar surface area (TPSA) is 76.7 Å². The van der Waals surface area contributed by atoms with Crippen molar-refractivity contribution >= 4 is 23.2 Å². The number of amides is 2. The molecule has 164 valence electrons. The van der Waals surface area contributed by atoms with Gasteiger partial charge >= 0.3 is 0 Å². The zero-order valence-corrected chi connectivity index (χ0v) is 18.0. The Kier molecular flexibility index (Phi) is 6.70. The van der Waals surface area contributed by atoms with Crippen LogP contribution in [0.1, 0.15) is 28.8 Å². The molecule has 4 rings (SSSR count). The molecule has 6 nitrogen and oxygen atoms in total. The SMILES string of the molecule is Cc1ccc(NC(=O)c2ccccc2OCCOc2ccccc2)cc1NC(=O)C1CC1. The summed E-state index contributed by atoms with van der Waals surface area (Å²) in [6, 6.07) is 22.1. The maximum Gasteiger partial charge on any atom is 0.259 e. The second kappa shape index (κ2) is 10.0. The van der Waals surface area contributed by atoms with E-state index in [1.165, 1.54) is 0 Å². The summed E-state index contributed by atoms with van der Waals surface area (Å²) in [6.07, 6.45) is 1.88. The average Bonchev–Trinajstić information content (AvgIpc) is 3.65. The number of carbonyl (C=O) groups is 2. The predicted octanol–water partition coefficient (Wildman–Crippen LogP) is 5.05. The van der Waals surface area contributed by atoms with Gasteiger partial charge in [-0.3, -0.25) is 9.59 Å². The molecule has 0 aliphatic heterocycles. The van der Waals surface area contributed by atoms with Gasteiger partial charge in [0.15, 0.2) is 0 Å². The van der Waals surface area contributed by atoms with Crippen LogP contribution in [0, 0.1) is 12.8 Å². The molecule has 1 saturated carbocycles. The molecule has 32 heavy (non-hydrogen) atoms. The number of benzene rings is 3. The van der Waals surface area contributed by atoms with Crippen LogP contribution in [0.2, 0.25) is 0 Å². The highest BCUT2D eigenvalue weighted by atomic mass is 16.5. The average molecular weight is 431 g/mol. The first-order chi connectivity index (χ1) is 15.6. The number of aryl methyl sites for hydroxylation is 1. The molecule has 0 heterocycles. The molecule has 0 atom stereocenters. The summed E-state index contributed by atoms with van der Waals surface area (Å²) in [5.74, 6) is 1.12. The summed E-state index contributed by atoms with van der Waals surface area (Å²) in [6.45, 7) is 2.60. The molecule has 0 radical (unpaired) electrons. The number of hydrogen-bond acceptors (Lipinski definition) is 4. The van der Waals surface area contributed by atoms with Crippen molar-refractivity contribution in [1.82, 2.24) is 0 Å². The van der Waals surface area contributed by atoms with Crippen molar-refractivity contribution in [2.45, 2.75) is 19.8 Å². The minimum atomic E-state index is -0.284. The molecule has 0 spiro atoms.